The van der Waals surface area contributed by atoms with E-state index in [0.29, 0.717) is 12.4 Å². The molecule has 4 rings (SSSR count). The van der Waals surface area contributed by atoms with E-state index in [2.05, 4.69) is 10.4 Å². The lowest BCUT2D eigenvalue weighted by atomic mass is 10.1. The molecule has 1 N–H and O–H groups in total. The summed E-state index contributed by atoms with van der Waals surface area (Å²) in [7, 11) is 0. The standard InChI is InChI=1S/C24H23F3N4O2S/c1-15(2)13-30-22(20-11-16-7-4-6-10-19(16)34-20)29-31(23(30)33)14-21(32)28-12-17-8-3-5-9-18(17)24(25,26)27/h3-11,15H,12-14H2,1-2H3,(H,28,32). The number of hydrogen-bond donors (Lipinski definition) is 1. The predicted molar refractivity (Wildman–Crippen MR) is 125 cm³/mol. The van der Waals surface area contributed by atoms with Gasteiger partial charge < -0.3 is 5.32 Å². The van der Waals surface area contributed by atoms with Gasteiger partial charge in [-0.3, -0.25) is 9.36 Å². The number of nitrogens with zero attached hydrogens (tertiary/aromatic N) is 3. The third kappa shape index (κ3) is 5.06. The normalized spacial score (nSPS) is 11.9. The number of amides is 1. The van der Waals surface area contributed by atoms with Crippen LogP contribution in [0.3, 0.4) is 0 Å². The molecule has 0 aliphatic rings. The number of thiophene rings is 1. The molecule has 0 spiro atoms. The molecule has 1 amide bonds. The van der Waals surface area contributed by atoms with Crippen molar-refractivity contribution in [3.05, 3.63) is 76.2 Å². The Labute approximate surface area is 197 Å². The lowest BCUT2D eigenvalue weighted by Crippen LogP contribution is -2.34. The van der Waals surface area contributed by atoms with Crippen molar-refractivity contribution in [1.29, 1.82) is 0 Å². The maximum Gasteiger partial charge on any atom is 0.416 e. The van der Waals surface area contributed by atoms with Crippen LogP contribution in [0.4, 0.5) is 13.2 Å². The van der Waals surface area contributed by atoms with E-state index >= 15 is 0 Å². The Morgan fingerprint density at radius 2 is 1.82 bits per heavy atom. The van der Waals surface area contributed by atoms with Crippen molar-refractivity contribution in [2.75, 3.05) is 0 Å². The molecule has 4 aromatic rings. The van der Waals surface area contributed by atoms with Crippen LogP contribution in [0.5, 0.6) is 0 Å². The highest BCUT2D eigenvalue weighted by atomic mass is 32.1. The van der Waals surface area contributed by atoms with Gasteiger partial charge in [0.15, 0.2) is 5.82 Å². The van der Waals surface area contributed by atoms with Gasteiger partial charge >= 0.3 is 11.9 Å². The number of nitrogens with one attached hydrogen (secondary N) is 1. The molecule has 0 bridgehead atoms. The summed E-state index contributed by atoms with van der Waals surface area (Å²) in [5.41, 5.74) is -1.29. The largest absolute Gasteiger partial charge is 0.416 e. The molecule has 0 saturated heterocycles. The number of benzene rings is 2. The molecule has 0 fully saturated rings. The summed E-state index contributed by atoms with van der Waals surface area (Å²) in [4.78, 5) is 26.4. The number of rotatable bonds is 7. The number of aromatic nitrogens is 3. The van der Waals surface area contributed by atoms with Crippen molar-refractivity contribution < 1.29 is 18.0 Å². The van der Waals surface area contributed by atoms with Gasteiger partial charge in [-0.15, -0.1) is 16.4 Å². The molecule has 34 heavy (non-hydrogen) atoms. The van der Waals surface area contributed by atoms with Gasteiger partial charge in [0.1, 0.15) is 6.54 Å². The van der Waals surface area contributed by atoms with Gasteiger partial charge in [0.25, 0.3) is 0 Å². The van der Waals surface area contributed by atoms with Gasteiger partial charge in [-0.2, -0.15) is 13.2 Å². The van der Waals surface area contributed by atoms with Crippen molar-refractivity contribution >= 4 is 27.3 Å². The van der Waals surface area contributed by atoms with Crippen molar-refractivity contribution in [3.8, 4) is 10.7 Å². The topological polar surface area (TPSA) is 68.9 Å². The smallest absolute Gasteiger partial charge is 0.350 e. The zero-order chi connectivity index (χ0) is 24.5. The molecule has 10 heteroatoms. The van der Waals surface area contributed by atoms with Crippen LogP contribution in [0.15, 0.2) is 59.4 Å². The first-order valence-corrected chi connectivity index (χ1v) is 11.5. The molecule has 0 atom stereocenters. The zero-order valence-corrected chi connectivity index (χ0v) is 19.4. The number of carbonyl (C=O) groups is 1. The molecule has 2 heterocycles. The highest BCUT2D eigenvalue weighted by molar-refractivity contribution is 7.22. The number of hydrogen-bond acceptors (Lipinski definition) is 4. The number of halogens is 3. The fourth-order valence-corrected chi connectivity index (χ4v) is 4.74. The molecular formula is C24H23F3N4O2S. The third-order valence-corrected chi connectivity index (χ3v) is 6.32. The van der Waals surface area contributed by atoms with Gasteiger partial charge in [0.2, 0.25) is 5.91 Å². The van der Waals surface area contributed by atoms with Gasteiger partial charge in [0.05, 0.1) is 10.4 Å². The SMILES string of the molecule is CC(C)Cn1c(-c2cc3ccccc3s2)nn(CC(=O)NCc2ccccc2C(F)(F)F)c1=O. The minimum absolute atomic E-state index is 0.0491. The second-order valence-corrected chi connectivity index (χ2v) is 9.43. The Hall–Kier alpha value is -3.40. The monoisotopic (exact) mass is 488 g/mol. The molecule has 6 nitrogen and oxygen atoms in total. The summed E-state index contributed by atoms with van der Waals surface area (Å²) < 4.78 is 43.2. The number of fused-ring (bicyclic) bond motifs is 1. The van der Waals surface area contributed by atoms with E-state index in [1.165, 1.54) is 29.5 Å². The van der Waals surface area contributed by atoms with Gasteiger partial charge in [0, 0.05) is 17.8 Å². The quantitative estimate of drug-likeness (QED) is 0.402. The average molecular weight is 489 g/mol. The molecule has 2 aromatic carbocycles. The summed E-state index contributed by atoms with van der Waals surface area (Å²) in [5.74, 6) is 0.0301. The van der Waals surface area contributed by atoms with E-state index in [9.17, 15) is 22.8 Å². The van der Waals surface area contributed by atoms with E-state index in [1.54, 1.807) is 4.57 Å². The molecule has 0 saturated carbocycles. The minimum atomic E-state index is -4.52. The minimum Gasteiger partial charge on any atom is -0.350 e. The average Bonchev–Trinajstić information content (AvgIpc) is 3.33. The van der Waals surface area contributed by atoms with Crippen LogP contribution in [0.1, 0.15) is 25.0 Å². The molecular weight excluding hydrogens is 465 g/mol. The second kappa shape index (κ2) is 9.46. The van der Waals surface area contributed by atoms with Crippen LogP contribution < -0.4 is 11.0 Å². The summed E-state index contributed by atoms with van der Waals surface area (Å²) in [6.07, 6.45) is -4.52. The molecule has 0 unspecified atom stereocenters. The van der Waals surface area contributed by atoms with Crippen molar-refractivity contribution in [2.24, 2.45) is 5.92 Å². The Morgan fingerprint density at radius 1 is 1.12 bits per heavy atom. The van der Waals surface area contributed by atoms with Crippen LogP contribution in [-0.4, -0.2) is 20.3 Å². The number of carbonyl (C=O) groups excluding carboxylic acids is 1. The van der Waals surface area contributed by atoms with Crippen molar-refractivity contribution in [1.82, 2.24) is 19.7 Å². The van der Waals surface area contributed by atoms with Crippen LogP contribution in [0.2, 0.25) is 0 Å². The first kappa shape index (κ1) is 23.7. The molecule has 0 aliphatic carbocycles. The Kier molecular flexibility index (Phi) is 6.60. The second-order valence-electron chi connectivity index (χ2n) is 8.35. The van der Waals surface area contributed by atoms with Crippen molar-refractivity contribution in [3.63, 3.8) is 0 Å². The van der Waals surface area contributed by atoms with Gasteiger partial charge in [-0.1, -0.05) is 50.2 Å². The molecule has 0 aliphatic heterocycles. The van der Waals surface area contributed by atoms with Crippen LogP contribution >= 0.6 is 11.3 Å². The summed E-state index contributed by atoms with van der Waals surface area (Å²) in [6, 6.07) is 14.8. The Bertz CT molecular complexity index is 1350. The van der Waals surface area contributed by atoms with E-state index in [4.69, 9.17) is 0 Å². The summed E-state index contributed by atoms with van der Waals surface area (Å²) >= 11 is 1.50. The van der Waals surface area contributed by atoms with Crippen LogP contribution in [0, 0.1) is 5.92 Å². The molecule has 178 valence electrons. The molecule has 2 aromatic heterocycles. The maximum absolute atomic E-state index is 13.2. The van der Waals surface area contributed by atoms with Gasteiger partial charge in [-0.25, -0.2) is 9.48 Å². The van der Waals surface area contributed by atoms with E-state index < -0.39 is 29.9 Å². The predicted octanol–water partition coefficient (Wildman–Crippen LogP) is 4.92. The highest BCUT2D eigenvalue weighted by Gasteiger charge is 2.32. The van der Waals surface area contributed by atoms with E-state index in [1.807, 2.05) is 44.2 Å². The fourth-order valence-electron chi connectivity index (χ4n) is 3.68. The lowest BCUT2D eigenvalue weighted by molar-refractivity contribution is -0.138. The van der Waals surface area contributed by atoms with Crippen LogP contribution in [0.25, 0.3) is 20.8 Å². The maximum atomic E-state index is 13.2. The van der Waals surface area contributed by atoms with Crippen LogP contribution in [-0.2, 0) is 30.6 Å². The molecule has 0 radical (unpaired) electrons. The fraction of sp³-hybridized carbons (Fsp3) is 0.292. The number of alkyl halides is 3. The Balaban J connectivity index is 1.58. The first-order valence-electron chi connectivity index (χ1n) is 10.7. The Morgan fingerprint density at radius 3 is 2.53 bits per heavy atom. The van der Waals surface area contributed by atoms with Crippen molar-refractivity contribution in [2.45, 2.75) is 39.7 Å². The third-order valence-electron chi connectivity index (χ3n) is 5.21. The summed E-state index contributed by atoms with van der Waals surface area (Å²) in [6.45, 7) is 3.67. The highest BCUT2D eigenvalue weighted by Crippen LogP contribution is 2.33. The summed E-state index contributed by atoms with van der Waals surface area (Å²) in [5, 5.41) is 7.92. The van der Waals surface area contributed by atoms with Gasteiger partial charge in [-0.05, 0) is 35.1 Å². The zero-order valence-electron chi connectivity index (χ0n) is 18.6. The first-order chi connectivity index (χ1) is 16.1. The van der Waals surface area contributed by atoms with E-state index in [-0.39, 0.29) is 18.0 Å². The lowest BCUT2D eigenvalue weighted by Gasteiger charge is -2.13. The van der Waals surface area contributed by atoms with E-state index in [0.717, 1.165) is 25.7 Å².